The molecule has 2 rings (SSSR count). The second-order valence-corrected chi connectivity index (χ2v) is 4.81. The first-order chi connectivity index (χ1) is 9.81. The zero-order chi connectivity index (χ0) is 15.6. The van der Waals surface area contributed by atoms with Gasteiger partial charge in [0.25, 0.3) is 0 Å². The topological polar surface area (TPSA) is 60.2 Å². The maximum absolute atomic E-state index is 12.4. The molecule has 1 aliphatic heterocycles. The molecule has 0 aliphatic carbocycles. The molecule has 1 aromatic heterocycles. The molecule has 112 valence electrons. The number of anilines is 1. The summed E-state index contributed by atoms with van der Waals surface area (Å²) in [5, 5.41) is 8.69. The van der Waals surface area contributed by atoms with E-state index in [4.69, 9.17) is 5.26 Å². The van der Waals surface area contributed by atoms with Gasteiger partial charge in [-0.15, -0.1) is 0 Å². The molecule has 0 bridgehead atoms. The Morgan fingerprint density at radius 1 is 1.52 bits per heavy atom. The Morgan fingerprint density at radius 2 is 2.24 bits per heavy atom. The number of carbonyl (C=O) groups excluding carboxylic acids is 1. The molecule has 1 aliphatic rings. The van der Waals surface area contributed by atoms with Crippen LogP contribution in [0, 0.1) is 11.3 Å². The molecule has 0 spiro atoms. The molecule has 1 amide bonds. The molecule has 1 saturated heterocycles. The van der Waals surface area contributed by atoms with Gasteiger partial charge in [-0.3, -0.25) is 4.79 Å². The lowest BCUT2D eigenvalue weighted by molar-refractivity contribution is -0.157. The standard InChI is InChI=1S/C13H13F3N4O/c1-19(11-3-2-9(6-17)7-18-11)10-4-5-20(12(10)21)8-13(14,15)16/h2-3,7,10H,4-5,8H2,1H3/t10-/m1/s1. The summed E-state index contributed by atoms with van der Waals surface area (Å²) in [6, 6.07) is 4.38. The molecule has 0 unspecified atom stereocenters. The van der Waals surface area contributed by atoms with Crippen molar-refractivity contribution < 1.29 is 18.0 Å². The van der Waals surface area contributed by atoms with Crippen LogP contribution in [-0.4, -0.2) is 48.1 Å². The predicted octanol–water partition coefficient (Wildman–Crippen LogP) is 1.55. The van der Waals surface area contributed by atoms with Crippen molar-refractivity contribution in [1.29, 1.82) is 5.26 Å². The van der Waals surface area contributed by atoms with E-state index < -0.39 is 24.7 Å². The van der Waals surface area contributed by atoms with Crippen LogP contribution in [0.5, 0.6) is 0 Å². The lowest BCUT2D eigenvalue weighted by Gasteiger charge is -2.25. The molecular formula is C13H13F3N4O. The minimum Gasteiger partial charge on any atom is -0.348 e. The van der Waals surface area contributed by atoms with Crippen molar-refractivity contribution in [3.8, 4) is 6.07 Å². The van der Waals surface area contributed by atoms with Gasteiger partial charge in [-0.25, -0.2) is 4.98 Å². The molecule has 1 aromatic rings. The smallest absolute Gasteiger partial charge is 0.348 e. The van der Waals surface area contributed by atoms with E-state index in [0.717, 1.165) is 4.90 Å². The number of alkyl halides is 3. The van der Waals surface area contributed by atoms with Crippen LogP contribution < -0.4 is 4.90 Å². The highest BCUT2D eigenvalue weighted by Crippen LogP contribution is 2.25. The first kappa shape index (κ1) is 15.1. The number of hydrogen-bond acceptors (Lipinski definition) is 4. The average molecular weight is 298 g/mol. The number of likely N-dealkylation sites (tertiary alicyclic amines) is 1. The predicted molar refractivity (Wildman–Crippen MR) is 68.4 cm³/mol. The molecule has 0 N–H and O–H groups in total. The molecule has 21 heavy (non-hydrogen) atoms. The largest absolute Gasteiger partial charge is 0.406 e. The Labute approximate surface area is 119 Å². The van der Waals surface area contributed by atoms with Crippen LogP contribution in [0.1, 0.15) is 12.0 Å². The van der Waals surface area contributed by atoms with E-state index in [1.54, 1.807) is 24.1 Å². The van der Waals surface area contributed by atoms with Crippen LogP contribution in [0.3, 0.4) is 0 Å². The van der Waals surface area contributed by atoms with E-state index in [-0.39, 0.29) is 6.54 Å². The maximum atomic E-state index is 12.4. The Kier molecular flexibility index (Phi) is 4.02. The van der Waals surface area contributed by atoms with Gasteiger partial charge in [-0.2, -0.15) is 18.4 Å². The summed E-state index contributed by atoms with van der Waals surface area (Å²) in [7, 11) is 1.61. The number of rotatable bonds is 3. The number of aromatic nitrogens is 1. The van der Waals surface area contributed by atoms with Gasteiger partial charge >= 0.3 is 6.18 Å². The second-order valence-electron chi connectivity index (χ2n) is 4.81. The molecule has 8 heteroatoms. The molecule has 0 saturated carbocycles. The van der Waals surface area contributed by atoms with E-state index in [1.807, 2.05) is 6.07 Å². The molecule has 0 aromatic carbocycles. The molecule has 1 atom stereocenters. The van der Waals surface area contributed by atoms with E-state index in [0.29, 0.717) is 17.8 Å². The van der Waals surface area contributed by atoms with Crippen LogP contribution in [0.15, 0.2) is 18.3 Å². The monoisotopic (exact) mass is 298 g/mol. The summed E-state index contributed by atoms with van der Waals surface area (Å²) >= 11 is 0. The van der Waals surface area contributed by atoms with Crippen molar-refractivity contribution in [3.05, 3.63) is 23.9 Å². The van der Waals surface area contributed by atoms with Crippen molar-refractivity contribution >= 4 is 11.7 Å². The van der Waals surface area contributed by atoms with E-state index in [9.17, 15) is 18.0 Å². The van der Waals surface area contributed by atoms with Gasteiger partial charge in [-0.05, 0) is 18.6 Å². The number of hydrogen-bond donors (Lipinski definition) is 0. The van der Waals surface area contributed by atoms with E-state index in [2.05, 4.69) is 4.98 Å². The molecule has 1 fully saturated rings. The number of amides is 1. The third kappa shape index (κ3) is 3.42. The Balaban J connectivity index is 2.08. The summed E-state index contributed by atoms with van der Waals surface area (Å²) in [5.74, 6) is -0.109. The fourth-order valence-electron chi connectivity index (χ4n) is 2.28. The van der Waals surface area contributed by atoms with Gasteiger partial charge in [-0.1, -0.05) is 0 Å². The van der Waals surface area contributed by atoms with Gasteiger partial charge < -0.3 is 9.80 Å². The van der Waals surface area contributed by atoms with Gasteiger partial charge in [0.2, 0.25) is 5.91 Å². The fraction of sp³-hybridized carbons (Fsp3) is 0.462. The van der Waals surface area contributed by atoms with Crippen molar-refractivity contribution in [3.63, 3.8) is 0 Å². The highest BCUT2D eigenvalue weighted by atomic mass is 19.4. The Morgan fingerprint density at radius 3 is 2.76 bits per heavy atom. The van der Waals surface area contributed by atoms with E-state index >= 15 is 0 Å². The van der Waals surface area contributed by atoms with Crippen molar-refractivity contribution in [2.45, 2.75) is 18.6 Å². The zero-order valence-corrected chi connectivity index (χ0v) is 11.3. The molecule has 5 nitrogen and oxygen atoms in total. The van der Waals surface area contributed by atoms with Gasteiger partial charge in [0.15, 0.2) is 0 Å². The zero-order valence-electron chi connectivity index (χ0n) is 11.3. The minimum absolute atomic E-state index is 0.0730. The van der Waals surface area contributed by atoms with Crippen LogP contribution >= 0.6 is 0 Å². The average Bonchev–Trinajstić information content (AvgIpc) is 2.78. The molecule has 0 radical (unpaired) electrons. The highest BCUT2D eigenvalue weighted by Gasteiger charge is 2.40. The summed E-state index contributed by atoms with van der Waals surface area (Å²) in [6.45, 7) is -1.15. The number of pyridine rings is 1. The van der Waals surface area contributed by atoms with Gasteiger partial charge in [0.1, 0.15) is 24.5 Å². The lowest BCUT2D eigenvalue weighted by atomic mass is 10.2. The Hall–Kier alpha value is -2.30. The number of halogens is 3. The third-order valence-corrected chi connectivity index (χ3v) is 3.35. The number of nitrogens with zero attached hydrogens (tertiary/aromatic N) is 4. The van der Waals surface area contributed by atoms with E-state index in [1.165, 1.54) is 6.20 Å². The summed E-state index contributed by atoms with van der Waals surface area (Å²) in [6.07, 6.45) is -2.72. The fourth-order valence-corrected chi connectivity index (χ4v) is 2.28. The maximum Gasteiger partial charge on any atom is 0.406 e. The van der Waals surface area contributed by atoms with Gasteiger partial charge in [0.05, 0.1) is 5.56 Å². The summed E-state index contributed by atoms with van der Waals surface area (Å²) < 4.78 is 37.1. The van der Waals surface area contributed by atoms with Crippen LogP contribution in [0.25, 0.3) is 0 Å². The quantitative estimate of drug-likeness (QED) is 0.849. The second kappa shape index (κ2) is 5.60. The number of carbonyl (C=O) groups is 1. The van der Waals surface area contributed by atoms with Crippen LogP contribution in [0.2, 0.25) is 0 Å². The first-order valence-electron chi connectivity index (χ1n) is 6.26. The number of likely N-dealkylation sites (N-methyl/N-ethyl adjacent to an activating group) is 1. The lowest BCUT2D eigenvalue weighted by Crippen LogP contribution is -2.42. The molecule has 2 heterocycles. The van der Waals surface area contributed by atoms with Crippen LogP contribution in [0.4, 0.5) is 19.0 Å². The Bertz CT molecular complexity index is 564. The minimum atomic E-state index is -4.39. The normalized spacial score (nSPS) is 18.7. The highest BCUT2D eigenvalue weighted by molar-refractivity contribution is 5.87. The third-order valence-electron chi connectivity index (χ3n) is 3.35. The van der Waals surface area contributed by atoms with Gasteiger partial charge in [0, 0.05) is 19.8 Å². The molecular weight excluding hydrogens is 285 g/mol. The van der Waals surface area contributed by atoms with Crippen molar-refractivity contribution in [1.82, 2.24) is 9.88 Å². The van der Waals surface area contributed by atoms with Crippen molar-refractivity contribution in [2.24, 2.45) is 0 Å². The first-order valence-corrected chi connectivity index (χ1v) is 6.26. The summed E-state index contributed by atoms with van der Waals surface area (Å²) in [5.41, 5.74) is 0.378. The van der Waals surface area contributed by atoms with Crippen LogP contribution in [-0.2, 0) is 4.79 Å². The van der Waals surface area contributed by atoms with Crippen molar-refractivity contribution in [2.75, 3.05) is 25.0 Å². The summed E-state index contributed by atoms with van der Waals surface area (Å²) in [4.78, 5) is 18.4. The SMILES string of the molecule is CN(c1ccc(C#N)cn1)[C@@H]1CCN(CC(F)(F)F)C1=O. The number of nitriles is 1.